The molecule has 21 heavy (non-hydrogen) atoms. The second-order valence-corrected chi connectivity index (χ2v) is 5.52. The lowest BCUT2D eigenvalue weighted by molar-refractivity contribution is -0.125. The molecule has 5 nitrogen and oxygen atoms in total. The van der Waals surface area contributed by atoms with Crippen molar-refractivity contribution in [2.45, 2.75) is 19.0 Å². The molecule has 1 amide bonds. The van der Waals surface area contributed by atoms with Gasteiger partial charge in [-0.2, -0.15) is 0 Å². The number of nitrogens with one attached hydrogen (secondary N) is 1. The summed E-state index contributed by atoms with van der Waals surface area (Å²) in [6, 6.07) is 10.3. The zero-order valence-electron chi connectivity index (χ0n) is 12.0. The molecule has 3 rings (SSSR count). The number of hydrogen-bond donors (Lipinski definition) is 2. The van der Waals surface area contributed by atoms with E-state index in [1.807, 2.05) is 12.1 Å². The second-order valence-electron chi connectivity index (χ2n) is 5.52. The highest BCUT2D eigenvalue weighted by Crippen LogP contribution is 2.15. The number of ether oxygens (including phenoxy) is 1. The molecule has 2 atom stereocenters. The van der Waals surface area contributed by atoms with Crippen LogP contribution in [0.3, 0.4) is 0 Å². The average molecular weight is 287 g/mol. The van der Waals surface area contributed by atoms with Gasteiger partial charge in [-0.15, -0.1) is 0 Å². The molecule has 1 aliphatic rings. The van der Waals surface area contributed by atoms with Crippen LogP contribution in [0.4, 0.5) is 0 Å². The Balaban J connectivity index is 1.47. The third kappa shape index (κ3) is 3.09. The van der Waals surface area contributed by atoms with Crippen molar-refractivity contribution in [1.29, 1.82) is 0 Å². The Labute approximate surface area is 124 Å². The van der Waals surface area contributed by atoms with Crippen molar-refractivity contribution >= 4 is 16.8 Å². The fourth-order valence-corrected chi connectivity index (χ4v) is 2.77. The fourth-order valence-electron chi connectivity index (χ4n) is 2.77. The molecule has 1 aromatic carbocycles. The van der Waals surface area contributed by atoms with E-state index >= 15 is 0 Å². The van der Waals surface area contributed by atoms with Crippen molar-refractivity contribution in [3.63, 3.8) is 0 Å². The van der Waals surface area contributed by atoms with Gasteiger partial charge in [0.15, 0.2) is 0 Å². The molecule has 0 aliphatic carbocycles. The first-order valence-electron chi connectivity index (χ1n) is 7.40. The molecule has 5 heteroatoms. The van der Waals surface area contributed by atoms with Crippen molar-refractivity contribution in [2.24, 2.45) is 11.7 Å². The highest BCUT2D eigenvalue weighted by atomic mass is 16.5. The molecule has 1 saturated heterocycles. The lowest BCUT2D eigenvalue weighted by Gasteiger charge is -2.13. The number of hydrogen-bond acceptors (Lipinski definition) is 3. The van der Waals surface area contributed by atoms with Crippen LogP contribution in [-0.2, 0) is 16.1 Å². The number of nitrogens with zero attached hydrogens (tertiary/aromatic N) is 1. The number of carbonyl (C=O) groups excluding carboxylic acids is 1. The van der Waals surface area contributed by atoms with Gasteiger partial charge in [0.05, 0.1) is 19.1 Å². The van der Waals surface area contributed by atoms with Gasteiger partial charge in [0, 0.05) is 30.8 Å². The van der Waals surface area contributed by atoms with Gasteiger partial charge in [-0.1, -0.05) is 18.2 Å². The fraction of sp³-hybridized carbons (Fsp3) is 0.438. The molecule has 1 aromatic heterocycles. The third-order valence-electron chi connectivity index (χ3n) is 4.02. The molecule has 0 radical (unpaired) electrons. The molecular weight excluding hydrogens is 266 g/mol. The molecule has 3 N–H and O–H groups in total. The molecule has 2 aromatic rings. The Morgan fingerprint density at radius 3 is 3.00 bits per heavy atom. The summed E-state index contributed by atoms with van der Waals surface area (Å²) in [7, 11) is 0. The van der Waals surface area contributed by atoms with Gasteiger partial charge in [-0.3, -0.25) is 4.79 Å². The van der Waals surface area contributed by atoms with E-state index in [9.17, 15) is 4.79 Å². The topological polar surface area (TPSA) is 69.3 Å². The first-order chi connectivity index (χ1) is 10.3. The standard InChI is InChI=1S/C16H21N3O2/c17-14-11-21-10-13(14)16(20)18-7-3-8-19-9-6-12-4-1-2-5-15(12)19/h1-2,4-6,9,13-14H,3,7-8,10-11,17H2,(H,18,20). The van der Waals surface area contributed by atoms with Gasteiger partial charge in [-0.05, 0) is 23.9 Å². The average Bonchev–Trinajstić information content (AvgIpc) is 3.10. The van der Waals surface area contributed by atoms with E-state index in [-0.39, 0.29) is 17.9 Å². The smallest absolute Gasteiger partial charge is 0.227 e. The first kappa shape index (κ1) is 14.1. The molecule has 0 spiro atoms. The normalized spacial score (nSPS) is 21.8. The third-order valence-corrected chi connectivity index (χ3v) is 4.02. The maximum atomic E-state index is 12.0. The minimum Gasteiger partial charge on any atom is -0.379 e. The van der Waals surface area contributed by atoms with E-state index < -0.39 is 0 Å². The predicted molar refractivity (Wildman–Crippen MR) is 81.8 cm³/mol. The Bertz CT molecular complexity index is 623. The van der Waals surface area contributed by atoms with Gasteiger partial charge in [0.1, 0.15) is 0 Å². The number of nitrogens with two attached hydrogens (primary N) is 1. The number of benzene rings is 1. The quantitative estimate of drug-likeness (QED) is 0.810. The number of carbonyl (C=O) groups is 1. The van der Waals surface area contributed by atoms with Crippen molar-refractivity contribution in [1.82, 2.24) is 9.88 Å². The largest absolute Gasteiger partial charge is 0.379 e. The van der Waals surface area contributed by atoms with Gasteiger partial charge >= 0.3 is 0 Å². The number of aromatic nitrogens is 1. The molecule has 2 unspecified atom stereocenters. The highest BCUT2D eigenvalue weighted by Gasteiger charge is 2.30. The van der Waals surface area contributed by atoms with E-state index in [0.717, 1.165) is 13.0 Å². The van der Waals surface area contributed by atoms with Crippen LogP contribution in [0, 0.1) is 5.92 Å². The number of amides is 1. The van der Waals surface area contributed by atoms with Gasteiger partial charge in [-0.25, -0.2) is 0 Å². The van der Waals surface area contributed by atoms with Crippen LogP contribution in [0.5, 0.6) is 0 Å². The zero-order chi connectivity index (χ0) is 14.7. The van der Waals surface area contributed by atoms with Gasteiger partial charge < -0.3 is 20.4 Å². The van der Waals surface area contributed by atoms with Crippen LogP contribution >= 0.6 is 0 Å². The Morgan fingerprint density at radius 2 is 2.19 bits per heavy atom. The lowest BCUT2D eigenvalue weighted by atomic mass is 10.0. The predicted octanol–water partition coefficient (Wildman–Crippen LogP) is 1.12. The molecule has 0 bridgehead atoms. The summed E-state index contributed by atoms with van der Waals surface area (Å²) in [5.41, 5.74) is 7.07. The van der Waals surface area contributed by atoms with Crippen molar-refractivity contribution in [3.05, 3.63) is 36.5 Å². The van der Waals surface area contributed by atoms with Crippen LogP contribution in [0.15, 0.2) is 36.5 Å². The van der Waals surface area contributed by atoms with E-state index in [2.05, 4.69) is 34.3 Å². The Kier molecular flexibility index (Phi) is 4.22. The van der Waals surface area contributed by atoms with E-state index in [1.54, 1.807) is 0 Å². The SMILES string of the molecule is NC1COCC1C(=O)NCCCn1ccc2ccccc21. The minimum atomic E-state index is -0.197. The van der Waals surface area contributed by atoms with Crippen molar-refractivity contribution in [3.8, 4) is 0 Å². The maximum absolute atomic E-state index is 12.0. The van der Waals surface area contributed by atoms with Gasteiger partial charge in [0.2, 0.25) is 5.91 Å². The van der Waals surface area contributed by atoms with Crippen LogP contribution < -0.4 is 11.1 Å². The van der Waals surface area contributed by atoms with Gasteiger partial charge in [0.25, 0.3) is 0 Å². The summed E-state index contributed by atoms with van der Waals surface area (Å²) in [4.78, 5) is 12.0. The van der Waals surface area contributed by atoms with E-state index in [1.165, 1.54) is 10.9 Å². The molecule has 1 fully saturated rings. The summed E-state index contributed by atoms with van der Waals surface area (Å²) in [6.45, 7) is 2.47. The van der Waals surface area contributed by atoms with Crippen molar-refractivity contribution in [2.75, 3.05) is 19.8 Å². The van der Waals surface area contributed by atoms with E-state index in [4.69, 9.17) is 10.5 Å². The maximum Gasteiger partial charge on any atom is 0.227 e. The van der Waals surface area contributed by atoms with Crippen LogP contribution in [0.25, 0.3) is 10.9 Å². The summed E-state index contributed by atoms with van der Waals surface area (Å²) in [5, 5.41) is 4.20. The Morgan fingerprint density at radius 1 is 1.33 bits per heavy atom. The van der Waals surface area contributed by atoms with Crippen LogP contribution in [0.2, 0.25) is 0 Å². The lowest BCUT2D eigenvalue weighted by Crippen LogP contribution is -2.41. The second kappa shape index (κ2) is 6.28. The molecule has 112 valence electrons. The summed E-state index contributed by atoms with van der Waals surface area (Å²) >= 11 is 0. The molecular formula is C16H21N3O2. The van der Waals surface area contributed by atoms with Crippen molar-refractivity contribution < 1.29 is 9.53 Å². The van der Waals surface area contributed by atoms with Crippen LogP contribution in [0.1, 0.15) is 6.42 Å². The number of aryl methyl sites for hydroxylation is 1. The number of para-hydroxylation sites is 1. The number of fused-ring (bicyclic) bond motifs is 1. The van der Waals surface area contributed by atoms with E-state index in [0.29, 0.717) is 19.8 Å². The zero-order valence-corrected chi connectivity index (χ0v) is 12.0. The summed E-state index contributed by atoms with van der Waals surface area (Å²) in [5.74, 6) is -0.185. The molecule has 1 aliphatic heterocycles. The molecule has 0 saturated carbocycles. The Hall–Kier alpha value is -1.85. The monoisotopic (exact) mass is 287 g/mol. The number of rotatable bonds is 5. The summed E-state index contributed by atoms with van der Waals surface area (Å²) in [6.07, 6.45) is 2.99. The summed E-state index contributed by atoms with van der Waals surface area (Å²) < 4.78 is 7.43. The minimum absolute atomic E-state index is 0.0114. The highest BCUT2D eigenvalue weighted by molar-refractivity contribution is 5.80. The van der Waals surface area contributed by atoms with Crippen LogP contribution in [-0.4, -0.2) is 36.3 Å². The first-order valence-corrected chi connectivity index (χ1v) is 7.40. The molecule has 2 heterocycles.